The molecule has 10 heteroatoms. The zero-order valence-corrected chi connectivity index (χ0v) is 16.3. The first-order chi connectivity index (χ1) is 13.5. The van der Waals surface area contributed by atoms with Crippen LogP contribution in [0.1, 0.15) is 22.3 Å². The molecule has 0 fully saturated rings. The van der Waals surface area contributed by atoms with E-state index in [4.69, 9.17) is 14.6 Å². The number of ether oxygens (including phenoxy) is 2. The number of carbonyl (C=O) groups excluding carboxylic acids is 1. The fourth-order valence-electron chi connectivity index (χ4n) is 3.99. The number of fused-ring (bicyclic) bond motifs is 3. The molecule has 5 rings (SSSR count). The summed E-state index contributed by atoms with van der Waals surface area (Å²) in [6.45, 7) is 0.837. The van der Waals surface area contributed by atoms with E-state index >= 15 is 0 Å². The van der Waals surface area contributed by atoms with Crippen molar-refractivity contribution < 1.29 is 18.5 Å². The normalized spacial score (nSPS) is 20.6. The highest BCUT2D eigenvalue weighted by atomic mass is 32.2. The van der Waals surface area contributed by atoms with Gasteiger partial charge < -0.3 is 14.8 Å². The van der Waals surface area contributed by atoms with Crippen molar-refractivity contribution in [3.8, 4) is 5.88 Å². The molecule has 0 radical (unpaired) electrons. The van der Waals surface area contributed by atoms with E-state index in [9.17, 15) is 9.00 Å². The number of carbonyl (C=O) groups is 1. The predicted molar refractivity (Wildman–Crippen MR) is 102 cm³/mol. The Labute approximate surface area is 162 Å². The summed E-state index contributed by atoms with van der Waals surface area (Å²) < 4.78 is 29.1. The molecule has 2 aliphatic carbocycles. The van der Waals surface area contributed by atoms with E-state index < -0.39 is 15.9 Å². The van der Waals surface area contributed by atoms with Crippen molar-refractivity contribution in [3.05, 3.63) is 34.5 Å². The van der Waals surface area contributed by atoms with Gasteiger partial charge in [-0.25, -0.2) is 18.8 Å². The summed E-state index contributed by atoms with van der Waals surface area (Å²) in [4.78, 5) is 12.7. The Hall–Kier alpha value is -2.43. The Kier molecular flexibility index (Phi) is 3.97. The van der Waals surface area contributed by atoms with Crippen LogP contribution in [0.5, 0.6) is 5.88 Å². The number of nitrogens with zero attached hydrogens (tertiary/aromatic N) is 3. The zero-order valence-electron chi connectivity index (χ0n) is 15.4. The Balaban J connectivity index is 1.42. The summed E-state index contributed by atoms with van der Waals surface area (Å²) >= 11 is 0. The third kappa shape index (κ3) is 2.71. The molecule has 1 unspecified atom stereocenters. The number of aromatic nitrogens is 2. The van der Waals surface area contributed by atoms with E-state index in [-0.39, 0.29) is 16.9 Å². The van der Waals surface area contributed by atoms with Crippen molar-refractivity contribution in [2.24, 2.45) is 9.50 Å². The lowest BCUT2D eigenvalue weighted by Gasteiger charge is -2.31. The Morgan fingerprint density at radius 2 is 2.11 bits per heavy atom. The number of rotatable bonds is 4. The maximum atomic E-state index is 13.0. The molecule has 2 amide bonds. The maximum absolute atomic E-state index is 13.0. The van der Waals surface area contributed by atoms with Gasteiger partial charge in [-0.15, -0.1) is 4.36 Å². The summed E-state index contributed by atoms with van der Waals surface area (Å²) in [5.41, 5.74) is 5.68. The second kappa shape index (κ2) is 6.29. The van der Waals surface area contributed by atoms with Crippen LogP contribution in [0.2, 0.25) is 0 Å². The zero-order chi connectivity index (χ0) is 19.5. The van der Waals surface area contributed by atoms with Gasteiger partial charge in [0, 0.05) is 12.8 Å². The number of hydrogen-bond acceptors (Lipinski definition) is 5. The van der Waals surface area contributed by atoms with Crippen LogP contribution in [0.15, 0.2) is 21.5 Å². The second-order valence-corrected chi connectivity index (χ2v) is 9.07. The van der Waals surface area contributed by atoms with E-state index in [0.29, 0.717) is 13.2 Å². The molecule has 0 spiro atoms. The van der Waals surface area contributed by atoms with E-state index in [0.717, 1.165) is 42.5 Å². The largest absolute Gasteiger partial charge is 0.469 e. The molecular weight excluding hydrogens is 382 g/mol. The number of amides is 2. The topological polar surface area (TPSA) is 121 Å². The Morgan fingerprint density at radius 1 is 1.39 bits per heavy atom. The number of hydrogen-bond donors (Lipinski definition) is 2. The van der Waals surface area contributed by atoms with Gasteiger partial charge in [0.15, 0.2) is 9.92 Å². The molecule has 1 aliphatic heterocycles. The van der Waals surface area contributed by atoms with Crippen LogP contribution in [0.4, 0.5) is 10.5 Å². The number of aryl methyl sites for hydroxylation is 2. The van der Waals surface area contributed by atoms with Crippen LogP contribution >= 0.6 is 0 Å². The minimum atomic E-state index is -3.50. The number of urea groups is 1. The summed E-state index contributed by atoms with van der Waals surface area (Å²) in [6, 6.07) is 1.51. The van der Waals surface area contributed by atoms with Crippen LogP contribution in [-0.4, -0.2) is 39.8 Å². The van der Waals surface area contributed by atoms with Crippen LogP contribution < -0.4 is 15.2 Å². The molecule has 1 aromatic heterocycles. The molecule has 28 heavy (non-hydrogen) atoms. The molecule has 9 nitrogen and oxygen atoms in total. The molecule has 2 heterocycles. The van der Waals surface area contributed by atoms with Gasteiger partial charge in [-0.1, -0.05) is 6.07 Å². The summed E-state index contributed by atoms with van der Waals surface area (Å²) in [5, 5.41) is 12.9. The lowest BCUT2D eigenvalue weighted by Crippen LogP contribution is -2.24. The van der Waals surface area contributed by atoms with Crippen molar-refractivity contribution in [2.75, 3.05) is 19.0 Å². The molecule has 2 atom stereocenters. The summed E-state index contributed by atoms with van der Waals surface area (Å²) in [6.07, 6.45) is 5.03. The number of nitrogens with one attached hydrogen (secondary N) is 1. The molecule has 2 aromatic rings. The Bertz CT molecular complexity index is 1090. The van der Waals surface area contributed by atoms with Gasteiger partial charge in [-0.3, -0.25) is 0 Å². The third-order valence-electron chi connectivity index (χ3n) is 5.55. The van der Waals surface area contributed by atoms with Gasteiger partial charge in [0.05, 0.1) is 19.3 Å². The van der Waals surface area contributed by atoms with Crippen LogP contribution in [0.25, 0.3) is 0 Å². The third-order valence-corrected chi connectivity index (χ3v) is 6.90. The monoisotopic (exact) mass is 403 g/mol. The summed E-state index contributed by atoms with van der Waals surface area (Å²) in [5.74, 6) is 0.277. The number of benzene rings is 1. The van der Waals surface area contributed by atoms with Crippen molar-refractivity contribution in [2.45, 2.75) is 43.2 Å². The molecule has 0 saturated heterocycles. The molecule has 3 aliphatic rings. The highest BCUT2D eigenvalue weighted by Gasteiger charge is 2.31. The highest BCUT2D eigenvalue weighted by molar-refractivity contribution is 7.91. The first kappa shape index (κ1) is 17.7. The molecule has 148 valence electrons. The number of anilines is 1. The highest BCUT2D eigenvalue weighted by Crippen LogP contribution is 2.40. The summed E-state index contributed by atoms with van der Waals surface area (Å²) in [7, 11) is -1.92. The quantitative estimate of drug-likeness (QED) is 0.800. The SMILES string of the molecule is COC[C@@H]1Cn2ncc(S(N)(=O)=NC(=O)Nc3c4c(cc5c3CC5)CC4)c2O1. The van der Waals surface area contributed by atoms with Crippen LogP contribution in [0.3, 0.4) is 0 Å². The van der Waals surface area contributed by atoms with Crippen molar-refractivity contribution >= 4 is 21.6 Å². The van der Waals surface area contributed by atoms with Gasteiger partial charge in [-0.05, 0) is 47.9 Å². The van der Waals surface area contributed by atoms with E-state index in [2.05, 4.69) is 20.8 Å². The van der Waals surface area contributed by atoms with Gasteiger partial charge in [0.2, 0.25) is 5.88 Å². The average molecular weight is 403 g/mol. The molecule has 0 saturated carbocycles. The smallest absolute Gasteiger partial charge is 0.354 e. The van der Waals surface area contributed by atoms with Crippen molar-refractivity contribution in [1.82, 2.24) is 9.78 Å². The average Bonchev–Trinajstić information content (AvgIpc) is 3.11. The van der Waals surface area contributed by atoms with Crippen molar-refractivity contribution in [3.63, 3.8) is 0 Å². The number of methoxy groups -OCH3 is 1. The van der Waals surface area contributed by atoms with Crippen LogP contribution in [0, 0.1) is 0 Å². The first-order valence-corrected chi connectivity index (χ1v) is 10.8. The van der Waals surface area contributed by atoms with E-state index in [1.54, 1.807) is 11.8 Å². The number of nitrogens with two attached hydrogens (primary N) is 1. The molecule has 0 bridgehead atoms. The van der Waals surface area contributed by atoms with Gasteiger partial charge in [-0.2, -0.15) is 5.10 Å². The standard InChI is InChI=1S/C18H21N5O4S/c1-26-9-12-8-23-17(27-12)15(7-20-23)28(19,25)22-18(24)21-16-13-4-2-10(13)6-11-3-5-14(11)16/h6-7,12H,2-5,8-9H2,1H3,(H3,19,21,22,24,25)/t12-,28?/m0/s1. The Morgan fingerprint density at radius 3 is 2.71 bits per heavy atom. The fraction of sp³-hybridized carbons (Fsp3) is 0.444. The minimum absolute atomic E-state index is 0.121. The fourth-order valence-corrected chi connectivity index (χ4v) is 4.98. The maximum Gasteiger partial charge on any atom is 0.354 e. The lowest BCUT2D eigenvalue weighted by molar-refractivity contribution is 0.0920. The molecular formula is C18H21N5O4S. The molecule has 1 aromatic carbocycles. The van der Waals surface area contributed by atoms with Crippen molar-refractivity contribution in [1.29, 1.82) is 0 Å². The van der Waals surface area contributed by atoms with Gasteiger partial charge >= 0.3 is 6.03 Å². The van der Waals surface area contributed by atoms with E-state index in [1.807, 2.05) is 0 Å². The van der Waals surface area contributed by atoms with Gasteiger partial charge in [0.1, 0.15) is 11.0 Å². The van der Waals surface area contributed by atoms with E-state index in [1.165, 1.54) is 17.3 Å². The predicted octanol–water partition coefficient (Wildman–Crippen LogP) is 1.42. The first-order valence-electron chi connectivity index (χ1n) is 9.20. The van der Waals surface area contributed by atoms with Gasteiger partial charge in [0.25, 0.3) is 0 Å². The lowest BCUT2D eigenvalue weighted by atomic mass is 9.76. The molecule has 3 N–H and O–H groups in total. The van der Waals surface area contributed by atoms with Crippen LogP contribution in [-0.2, 0) is 46.9 Å². The second-order valence-electron chi connectivity index (χ2n) is 7.31. The minimum Gasteiger partial charge on any atom is -0.469 e.